The highest BCUT2D eigenvalue weighted by atomic mass is 16.5. The zero-order valence-electron chi connectivity index (χ0n) is 13.0. The first-order valence-corrected chi connectivity index (χ1v) is 8.22. The summed E-state index contributed by atoms with van der Waals surface area (Å²) in [6.07, 6.45) is 3.78. The topological polar surface area (TPSA) is 9.23 Å². The van der Waals surface area contributed by atoms with Crippen LogP contribution in [0.5, 0.6) is 0 Å². The van der Waals surface area contributed by atoms with E-state index in [2.05, 4.69) is 74.5 Å². The fourth-order valence-electron chi connectivity index (χ4n) is 5.05. The van der Waals surface area contributed by atoms with Gasteiger partial charge in [0, 0.05) is 5.41 Å². The Kier molecular flexibility index (Phi) is 2.25. The van der Waals surface area contributed by atoms with Crippen LogP contribution in [0.3, 0.4) is 0 Å². The van der Waals surface area contributed by atoms with Crippen LogP contribution >= 0.6 is 0 Å². The lowest BCUT2D eigenvalue weighted by atomic mass is 9.65. The van der Waals surface area contributed by atoms with Gasteiger partial charge in [-0.05, 0) is 34.6 Å². The molecule has 0 radical (unpaired) electrons. The number of allylic oxidation sites excluding steroid dienone is 1. The summed E-state index contributed by atoms with van der Waals surface area (Å²) in [7, 11) is 0. The number of ether oxygens (including phenoxy) is 1. The van der Waals surface area contributed by atoms with Gasteiger partial charge in [-0.2, -0.15) is 0 Å². The molecule has 1 nitrogen and oxygen atoms in total. The smallest absolute Gasteiger partial charge is 0.125 e. The molecule has 1 aliphatic carbocycles. The lowest BCUT2D eigenvalue weighted by Gasteiger charge is -2.43. The average Bonchev–Trinajstić information content (AvgIpc) is 2.96. The van der Waals surface area contributed by atoms with E-state index < -0.39 is 0 Å². The number of benzene rings is 2. The fourth-order valence-corrected chi connectivity index (χ4v) is 5.05. The van der Waals surface area contributed by atoms with Crippen LogP contribution in [0.15, 0.2) is 60.7 Å². The predicted molar refractivity (Wildman–Crippen MR) is 88.3 cm³/mol. The van der Waals surface area contributed by atoms with Crippen molar-refractivity contribution in [3.8, 4) is 0 Å². The quantitative estimate of drug-likeness (QED) is 0.709. The molecule has 2 aromatic rings. The van der Waals surface area contributed by atoms with Crippen LogP contribution in [0.1, 0.15) is 43.1 Å². The van der Waals surface area contributed by atoms with Gasteiger partial charge in [-0.1, -0.05) is 74.5 Å². The third-order valence-corrected chi connectivity index (χ3v) is 6.31. The second-order valence-electron chi connectivity index (χ2n) is 7.23. The van der Waals surface area contributed by atoms with Crippen molar-refractivity contribution in [2.24, 2.45) is 11.3 Å². The number of hydrogen-bond donors (Lipinski definition) is 0. The van der Waals surface area contributed by atoms with Crippen LogP contribution in [0.4, 0.5) is 0 Å². The van der Waals surface area contributed by atoms with E-state index in [-0.39, 0.29) is 17.1 Å². The maximum atomic E-state index is 6.79. The molecule has 22 heavy (non-hydrogen) atoms. The summed E-state index contributed by atoms with van der Waals surface area (Å²) in [6, 6.07) is 19.6. The summed E-state index contributed by atoms with van der Waals surface area (Å²) in [6.45, 7) is 4.77. The van der Waals surface area contributed by atoms with Crippen molar-refractivity contribution < 1.29 is 4.74 Å². The molecule has 0 N–H and O–H groups in total. The molecule has 0 saturated carbocycles. The Morgan fingerprint density at radius 3 is 2.55 bits per heavy atom. The Bertz CT molecular complexity index is 791. The molecule has 0 aromatic heterocycles. The maximum Gasteiger partial charge on any atom is 0.125 e. The molecule has 2 aliphatic heterocycles. The van der Waals surface area contributed by atoms with Crippen LogP contribution in [0.2, 0.25) is 0 Å². The van der Waals surface area contributed by atoms with Gasteiger partial charge >= 0.3 is 0 Å². The van der Waals surface area contributed by atoms with E-state index in [0.717, 1.165) is 6.42 Å². The van der Waals surface area contributed by atoms with E-state index in [1.807, 2.05) is 0 Å². The molecule has 2 bridgehead atoms. The first kappa shape index (κ1) is 12.7. The van der Waals surface area contributed by atoms with Crippen molar-refractivity contribution in [2.75, 3.05) is 0 Å². The highest BCUT2D eigenvalue weighted by Crippen LogP contribution is 2.72. The molecule has 2 aromatic carbocycles. The van der Waals surface area contributed by atoms with E-state index in [9.17, 15) is 0 Å². The molecular formula is C21H20O. The van der Waals surface area contributed by atoms with E-state index in [4.69, 9.17) is 4.74 Å². The molecule has 2 heterocycles. The Morgan fingerprint density at radius 2 is 1.73 bits per heavy atom. The molecule has 0 unspecified atom stereocenters. The largest absolute Gasteiger partial charge is 0.357 e. The highest BCUT2D eigenvalue weighted by Gasteiger charge is 2.67. The summed E-state index contributed by atoms with van der Waals surface area (Å²) < 4.78 is 6.79. The second-order valence-corrected chi connectivity index (χ2v) is 7.23. The van der Waals surface area contributed by atoms with Crippen molar-refractivity contribution in [1.29, 1.82) is 0 Å². The Hall–Kier alpha value is -1.86. The van der Waals surface area contributed by atoms with Crippen molar-refractivity contribution in [1.82, 2.24) is 0 Å². The van der Waals surface area contributed by atoms with Crippen molar-refractivity contribution in [3.05, 3.63) is 77.4 Å². The summed E-state index contributed by atoms with van der Waals surface area (Å²) >= 11 is 0. The molecule has 3 aliphatic rings. The second kappa shape index (κ2) is 3.91. The monoisotopic (exact) mass is 288 g/mol. The summed E-state index contributed by atoms with van der Waals surface area (Å²) in [5.74, 6) is 0.529. The minimum Gasteiger partial charge on any atom is -0.357 e. The van der Waals surface area contributed by atoms with Crippen LogP contribution in [0, 0.1) is 11.3 Å². The van der Waals surface area contributed by atoms with Gasteiger partial charge < -0.3 is 4.74 Å². The molecular weight excluding hydrogens is 268 g/mol. The third kappa shape index (κ3) is 1.22. The normalized spacial score (nSPS) is 37.8. The van der Waals surface area contributed by atoms with Gasteiger partial charge in [0.2, 0.25) is 0 Å². The van der Waals surface area contributed by atoms with Crippen molar-refractivity contribution in [2.45, 2.75) is 32.0 Å². The zero-order valence-corrected chi connectivity index (χ0v) is 13.0. The fraction of sp³-hybridized carbons (Fsp3) is 0.333. The standard InChI is InChI=1S/C21H20O/c1-14-12-18-16-10-6-7-11-17(16)19-13-20(14,2)21(18,22-19)15-8-4-3-5-9-15/h3-12,14,19H,13H2,1-2H3/t14-,19+,20-,21+/m0/s1. The third-order valence-electron chi connectivity index (χ3n) is 6.31. The maximum absolute atomic E-state index is 6.79. The van der Waals surface area contributed by atoms with Gasteiger partial charge in [0.15, 0.2) is 0 Å². The van der Waals surface area contributed by atoms with Crippen LogP contribution in [-0.4, -0.2) is 0 Å². The van der Waals surface area contributed by atoms with Crippen LogP contribution in [0.25, 0.3) is 5.57 Å². The first-order valence-electron chi connectivity index (χ1n) is 8.22. The molecule has 0 amide bonds. The molecule has 1 heteroatoms. The highest BCUT2D eigenvalue weighted by molar-refractivity contribution is 5.82. The molecule has 1 saturated heterocycles. The number of fused-ring (bicyclic) bond motifs is 4. The van der Waals surface area contributed by atoms with Gasteiger partial charge in [-0.3, -0.25) is 0 Å². The average molecular weight is 288 g/mol. The molecule has 4 atom stereocenters. The lowest BCUT2D eigenvalue weighted by molar-refractivity contribution is -0.0517. The SMILES string of the molecule is C[C@H]1C=C2c3ccccc3[C@H]3C[C@]1(C)[C@]2(c1ccccc1)O3. The van der Waals surface area contributed by atoms with Crippen molar-refractivity contribution >= 4 is 5.57 Å². The Balaban J connectivity index is 1.86. The van der Waals surface area contributed by atoms with Gasteiger partial charge in [0.25, 0.3) is 0 Å². The van der Waals surface area contributed by atoms with Crippen LogP contribution < -0.4 is 0 Å². The minimum atomic E-state index is -0.271. The van der Waals surface area contributed by atoms with Gasteiger partial charge in [0.05, 0.1) is 6.10 Å². The lowest BCUT2D eigenvalue weighted by Crippen LogP contribution is -2.41. The van der Waals surface area contributed by atoms with Crippen LogP contribution in [-0.2, 0) is 10.3 Å². The molecule has 0 spiro atoms. The molecule has 5 rings (SSSR count). The predicted octanol–water partition coefficient (Wildman–Crippen LogP) is 5.10. The Morgan fingerprint density at radius 1 is 1.00 bits per heavy atom. The van der Waals surface area contributed by atoms with E-state index in [1.165, 1.54) is 22.3 Å². The summed E-state index contributed by atoms with van der Waals surface area (Å²) in [4.78, 5) is 0. The summed E-state index contributed by atoms with van der Waals surface area (Å²) in [5.41, 5.74) is 5.33. The molecule has 1 fully saturated rings. The number of hydrogen-bond acceptors (Lipinski definition) is 1. The van der Waals surface area contributed by atoms with Crippen molar-refractivity contribution in [3.63, 3.8) is 0 Å². The Labute approximate surface area is 131 Å². The minimum absolute atomic E-state index is 0.132. The zero-order chi connectivity index (χ0) is 14.9. The van der Waals surface area contributed by atoms with E-state index in [0.29, 0.717) is 5.92 Å². The van der Waals surface area contributed by atoms with E-state index in [1.54, 1.807) is 0 Å². The van der Waals surface area contributed by atoms with Gasteiger partial charge in [-0.15, -0.1) is 0 Å². The van der Waals surface area contributed by atoms with Gasteiger partial charge in [0.1, 0.15) is 5.60 Å². The first-order chi connectivity index (χ1) is 10.7. The summed E-state index contributed by atoms with van der Waals surface area (Å²) in [5, 5.41) is 0. The number of rotatable bonds is 1. The van der Waals surface area contributed by atoms with Gasteiger partial charge in [-0.25, -0.2) is 0 Å². The molecule has 110 valence electrons. The van der Waals surface area contributed by atoms with E-state index >= 15 is 0 Å².